The molecule has 2 aliphatic rings. The Labute approximate surface area is 113 Å². The van der Waals surface area contributed by atoms with Gasteiger partial charge in [-0.1, -0.05) is 12.2 Å². The van der Waals surface area contributed by atoms with E-state index in [1.54, 1.807) is 12.2 Å². The highest BCUT2D eigenvalue weighted by Crippen LogP contribution is 2.19. The smallest absolute Gasteiger partial charge is 0.310 e. The second kappa shape index (κ2) is 6.70. The maximum absolute atomic E-state index is 11.8. The summed E-state index contributed by atoms with van der Waals surface area (Å²) in [7, 11) is 0. The van der Waals surface area contributed by atoms with Gasteiger partial charge in [0.1, 0.15) is 0 Å². The number of carbonyl (C=O) groups excluding carboxylic acids is 1. The van der Waals surface area contributed by atoms with Crippen LogP contribution < -0.4 is 5.32 Å². The number of ether oxygens (including phenoxy) is 1. The molecule has 5 nitrogen and oxygen atoms in total. The van der Waals surface area contributed by atoms with Gasteiger partial charge in [-0.05, 0) is 32.1 Å². The Balaban J connectivity index is 1.65. The standard InChI is InChI=1S/C14H21NO4/c16-13(7-6-12-3-1-2-8-19-12)15-11-5-4-10(9-11)14(17)18/h4-5,10-12H,1-3,6-9H2,(H,15,16)(H,17,18). The molecular weight excluding hydrogens is 246 g/mol. The maximum Gasteiger partial charge on any atom is 0.310 e. The van der Waals surface area contributed by atoms with E-state index < -0.39 is 11.9 Å². The summed E-state index contributed by atoms with van der Waals surface area (Å²) < 4.78 is 5.58. The highest BCUT2D eigenvalue weighted by molar-refractivity contribution is 5.77. The molecule has 0 bridgehead atoms. The van der Waals surface area contributed by atoms with Crippen LogP contribution in [0, 0.1) is 5.92 Å². The van der Waals surface area contributed by atoms with Crippen LogP contribution in [0.1, 0.15) is 38.5 Å². The van der Waals surface area contributed by atoms with Crippen molar-refractivity contribution in [3.8, 4) is 0 Å². The third-order valence-corrected chi connectivity index (χ3v) is 3.71. The molecule has 1 amide bonds. The van der Waals surface area contributed by atoms with Gasteiger partial charge < -0.3 is 15.2 Å². The number of nitrogens with one attached hydrogen (secondary N) is 1. The van der Waals surface area contributed by atoms with Gasteiger partial charge in [-0.25, -0.2) is 0 Å². The second-order valence-corrected chi connectivity index (χ2v) is 5.27. The van der Waals surface area contributed by atoms with Crippen LogP contribution in [0.2, 0.25) is 0 Å². The fourth-order valence-electron chi connectivity index (χ4n) is 2.60. The second-order valence-electron chi connectivity index (χ2n) is 5.27. The molecule has 1 heterocycles. The normalized spacial score (nSPS) is 30.2. The van der Waals surface area contributed by atoms with Crippen LogP contribution in [0.3, 0.4) is 0 Å². The lowest BCUT2D eigenvalue weighted by atomic mass is 10.0. The van der Waals surface area contributed by atoms with Crippen LogP contribution >= 0.6 is 0 Å². The zero-order valence-corrected chi connectivity index (χ0v) is 11.0. The Hall–Kier alpha value is -1.36. The number of carbonyl (C=O) groups is 2. The van der Waals surface area contributed by atoms with Crippen LogP contribution in [-0.4, -0.2) is 35.7 Å². The monoisotopic (exact) mass is 267 g/mol. The zero-order valence-electron chi connectivity index (χ0n) is 11.0. The van der Waals surface area contributed by atoms with Gasteiger partial charge in [0.05, 0.1) is 12.0 Å². The fraction of sp³-hybridized carbons (Fsp3) is 0.714. The average Bonchev–Trinajstić information content (AvgIpc) is 2.86. The molecule has 2 rings (SSSR count). The molecule has 3 atom stereocenters. The lowest BCUT2D eigenvalue weighted by molar-refractivity contribution is -0.140. The third kappa shape index (κ3) is 4.35. The first-order chi connectivity index (χ1) is 9.15. The van der Waals surface area contributed by atoms with Gasteiger partial charge in [-0.2, -0.15) is 0 Å². The van der Waals surface area contributed by atoms with Gasteiger partial charge >= 0.3 is 5.97 Å². The number of rotatable bonds is 5. The molecule has 2 N–H and O–H groups in total. The molecule has 0 spiro atoms. The van der Waals surface area contributed by atoms with Crippen molar-refractivity contribution in [3.63, 3.8) is 0 Å². The number of amides is 1. The summed E-state index contributed by atoms with van der Waals surface area (Å²) in [6.45, 7) is 0.804. The van der Waals surface area contributed by atoms with Crippen molar-refractivity contribution in [2.75, 3.05) is 6.61 Å². The Kier molecular flexibility index (Phi) is 4.96. The van der Waals surface area contributed by atoms with Crippen molar-refractivity contribution < 1.29 is 19.4 Å². The van der Waals surface area contributed by atoms with Gasteiger partial charge in [0.15, 0.2) is 0 Å². The van der Waals surface area contributed by atoms with Crippen LogP contribution in [0.15, 0.2) is 12.2 Å². The van der Waals surface area contributed by atoms with E-state index in [0.717, 1.165) is 25.9 Å². The SMILES string of the molecule is O=C(CCC1CCCCO1)NC1C=CC(C(=O)O)C1. The first-order valence-corrected chi connectivity index (χ1v) is 6.97. The van der Waals surface area contributed by atoms with Crippen molar-refractivity contribution in [1.82, 2.24) is 5.32 Å². The van der Waals surface area contributed by atoms with Crippen LogP contribution in [0.25, 0.3) is 0 Å². The van der Waals surface area contributed by atoms with Gasteiger partial charge in [-0.15, -0.1) is 0 Å². The fourth-order valence-corrected chi connectivity index (χ4v) is 2.60. The Morgan fingerprint density at radius 2 is 2.16 bits per heavy atom. The Morgan fingerprint density at radius 1 is 1.32 bits per heavy atom. The summed E-state index contributed by atoms with van der Waals surface area (Å²) in [6.07, 6.45) is 8.64. The maximum atomic E-state index is 11.8. The summed E-state index contributed by atoms with van der Waals surface area (Å²) in [4.78, 5) is 22.6. The first-order valence-electron chi connectivity index (χ1n) is 6.97. The number of hydrogen-bond acceptors (Lipinski definition) is 3. The molecule has 1 aliphatic carbocycles. The zero-order chi connectivity index (χ0) is 13.7. The van der Waals surface area contributed by atoms with Gasteiger partial charge in [0.2, 0.25) is 5.91 Å². The van der Waals surface area contributed by atoms with Gasteiger partial charge in [-0.3, -0.25) is 9.59 Å². The number of carboxylic acid groups (broad SMARTS) is 1. The van der Waals surface area contributed by atoms with Crippen LogP contribution in [0.4, 0.5) is 0 Å². The predicted molar refractivity (Wildman–Crippen MR) is 69.6 cm³/mol. The number of aliphatic carboxylic acids is 1. The first kappa shape index (κ1) is 14.1. The lowest BCUT2D eigenvalue weighted by Crippen LogP contribution is -2.34. The van der Waals surface area contributed by atoms with Crippen molar-refractivity contribution in [1.29, 1.82) is 0 Å². The molecule has 0 aromatic rings. The largest absolute Gasteiger partial charge is 0.481 e. The summed E-state index contributed by atoms with van der Waals surface area (Å²) in [5, 5.41) is 11.7. The summed E-state index contributed by atoms with van der Waals surface area (Å²) in [5.74, 6) is -1.31. The highest BCUT2D eigenvalue weighted by Gasteiger charge is 2.25. The van der Waals surface area contributed by atoms with Crippen molar-refractivity contribution in [3.05, 3.63) is 12.2 Å². The predicted octanol–water partition coefficient (Wildman–Crippen LogP) is 1.48. The molecule has 0 aromatic carbocycles. The molecule has 1 fully saturated rings. The van der Waals surface area contributed by atoms with Crippen LogP contribution in [-0.2, 0) is 14.3 Å². The molecular formula is C14H21NO4. The van der Waals surface area contributed by atoms with E-state index in [9.17, 15) is 9.59 Å². The third-order valence-electron chi connectivity index (χ3n) is 3.71. The topological polar surface area (TPSA) is 75.6 Å². The molecule has 1 saturated heterocycles. The minimum absolute atomic E-state index is 0.0186. The average molecular weight is 267 g/mol. The minimum atomic E-state index is -0.830. The molecule has 3 unspecified atom stereocenters. The van der Waals surface area contributed by atoms with Crippen molar-refractivity contribution >= 4 is 11.9 Å². The quantitative estimate of drug-likeness (QED) is 0.740. The molecule has 0 radical (unpaired) electrons. The molecule has 106 valence electrons. The molecule has 19 heavy (non-hydrogen) atoms. The highest BCUT2D eigenvalue weighted by atomic mass is 16.5. The minimum Gasteiger partial charge on any atom is -0.481 e. The van der Waals surface area contributed by atoms with E-state index in [0.29, 0.717) is 12.8 Å². The van der Waals surface area contributed by atoms with E-state index >= 15 is 0 Å². The summed E-state index contributed by atoms with van der Waals surface area (Å²) in [6, 6.07) is -0.138. The molecule has 0 aromatic heterocycles. The lowest BCUT2D eigenvalue weighted by Gasteiger charge is -2.22. The molecule has 1 aliphatic heterocycles. The van der Waals surface area contributed by atoms with Crippen LogP contribution in [0.5, 0.6) is 0 Å². The van der Waals surface area contributed by atoms with E-state index in [1.165, 1.54) is 6.42 Å². The number of hydrogen-bond donors (Lipinski definition) is 2. The van der Waals surface area contributed by atoms with Crippen molar-refractivity contribution in [2.45, 2.75) is 50.7 Å². The Morgan fingerprint density at radius 3 is 2.79 bits per heavy atom. The van der Waals surface area contributed by atoms with E-state index in [2.05, 4.69) is 5.32 Å². The Bertz CT molecular complexity index is 360. The molecule has 0 saturated carbocycles. The van der Waals surface area contributed by atoms with Gasteiger partial charge in [0, 0.05) is 19.1 Å². The number of carboxylic acids is 1. The summed E-state index contributed by atoms with van der Waals surface area (Å²) >= 11 is 0. The van der Waals surface area contributed by atoms with E-state index in [4.69, 9.17) is 9.84 Å². The molecule has 5 heteroatoms. The van der Waals surface area contributed by atoms with Crippen molar-refractivity contribution in [2.24, 2.45) is 5.92 Å². The van der Waals surface area contributed by atoms with Gasteiger partial charge in [0.25, 0.3) is 0 Å². The van der Waals surface area contributed by atoms with E-state index in [-0.39, 0.29) is 18.1 Å². The van der Waals surface area contributed by atoms with E-state index in [1.807, 2.05) is 0 Å². The summed E-state index contributed by atoms with van der Waals surface area (Å²) in [5.41, 5.74) is 0.